The summed E-state index contributed by atoms with van der Waals surface area (Å²) in [5.74, 6) is -2.78. The van der Waals surface area contributed by atoms with Crippen LogP contribution in [-0.4, -0.2) is 61.8 Å². The van der Waals surface area contributed by atoms with Crippen LogP contribution in [0.4, 0.5) is 0 Å². The minimum atomic E-state index is -1.13. The number of amides is 2. The number of halogens is 1. The quantitative estimate of drug-likeness (QED) is 0.308. The highest BCUT2D eigenvalue weighted by atomic mass is 35.5. The number of hydrogen-bond acceptors (Lipinski definition) is 8. The summed E-state index contributed by atoms with van der Waals surface area (Å²) in [5.41, 5.74) is 1.73. The van der Waals surface area contributed by atoms with Crippen molar-refractivity contribution in [3.05, 3.63) is 76.8 Å². The molecule has 2 aliphatic heterocycles. The number of ether oxygens (including phenoxy) is 4. The molecule has 0 saturated carbocycles. The van der Waals surface area contributed by atoms with Crippen molar-refractivity contribution in [1.82, 2.24) is 10.6 Å². The Morgan fingerprint density at radius 3 is 2.41 bits per heavy atom. The smallest absolute Gasteiger partial charge is 0.347 e. The van der Waals surface area contributed by atoms with Gasteiger partial charge in [0, 0.05) is 25.3 Å². The van der Waals surface area contributed by atoms with Gasteiger partial charge in [-0.3, -0.25) is 14.4 Å². The van der Waals surface area contributed by atoms with Crippen LogP contribution in [0.25, 0.3) is 0 Å². The molecule has 2 aromatic rings. The van der Waals surface area contributed by atoms with E-state index in [1.807, 2.05) is 51.1 Å². The van der Waals surface area contributed by atoms with E-state index in [1.165, 1.54) is 13.2 Å². The highest BCUT2D eigenvalue weighted by molar-refractivity contribution is 6.32. The third-order valence-electron chi connectivity index (χ3n) is 8.14. The second-order valence-electron chi connectivity index (χ2n) is 12.3. The molecule has 2 heterocycles. The number of methoxy groups -OCH3 is 1. The van der Waals surface area contributed by atoms with E-state index in [4.69, 9.17) is 30.5 Å². The molecule has 3 unspecified atom stereocenters. The Hall–Kier alpha value is -3.89. The molecule has 2 amide bonds. The molecule has 11 heteroatoms. The van der Waals surface area contributed by atoms with Gasteiger partial charge in [0.15, 0.2) is 6.10 Å². The van der Waals surface area contributed by atoms with E-state index in [2.05, 4.69) is 10.6 Å². The molecule has 10 nitrogen and oxygen atoms in total. The summed E-state index contributed by atoms with van der Waals surface area (Å²) in [4.78, 5) is 52.9. The predicted molar refractivity (Wildman–Crippen MR) is 172 cm³/mol. The molecule has 0 bridgehead atoms. The molecule has 2 N–H and O–H groups in total. The predicted octanol–water partition coefficient (Wildman–Crippen LogP) is 4.73. The summed E-state index contributed by atoms with van der Waals surface area (Å²) in [5, 5.41) is 5.86. The van der Waals surface area contributed by atoms with Crippen molar-refractivity contribution < 1.29 is 38.1 Å². The highest BCUT2D eigenvalue weighted by Crippen LogP contribution is 2.45. The van der Waals surface area contributed by atoms with E-state index >= 15 is 0 Å². The molecule has 1 saturated heterocycles. The van der Waals surface area contributed by atoms with Gasteiger partial charge in [0.05, 0.1) is 24.2 Å². The van der Waals surface area contributed by atoms with E-state index in [1.54, 1.807) is 31.2 Å². The number of rotatable bonds is 8. The van der Waals surface area contributed by atoms with Crippen LogP contribution in [0.3, 0.4) is 0 Å². The Kier molecular flexibility index (Phi) is 12.2. The number of cyclic esters (lactones) is 2. The summed E-state index contributed by atoms with van der Waals surface area (Å²) in [6.07, 6.45) is 1.40. The van der Waals surface area contributed by atoms with E-state index in [9.17, 15) is 19.2 Å². The second kappa shape index (κ2) is 16.1. The van der Waals surface area contributed by atoms with Gasteiger partial charge in [-0.2, -0.15) is 0 Å². The first kappa shape index (κ1) is 35.0. The average Bonchev–Trinajstić information content (AvgIpc) is 3.83. The Bertz CT molecular complexity index is 1410. The lowest BCUT2D eigenvalue weighted by atomic mass is 9.93. The zero-order chi connectivity index (χ0) is 33.4. The fourth-order valence-electron chi connectivity index (χ4n) is 5.39. The van der Waals surface area contributed by atoms with Gasteiger partial charge in [-0.1, -0.05) is 81.8 Å². The van der Waals surface area contributed by atoms with Gasteiger partial charge >= 0.3 is 11.9 Å². The van der Waals surface area contributed by atoms with Crippen molar-refractivity contribution in [3.8, 4) is 5.75 Å². The Morgan fingerprint density at radius 1 is 1.00 bits per heavy atom. The molecule has 248 valence electrons. The van der Waals surface area contributed by atoms with Crippen molar-refractivity contribution in [1.29, 1.82) is 0 Å². The lowest BCUT2D eigenvalue weighted by molar-refractivity contribution is -0.176. The van der Waals surface area contributed by atoms with Crippen molar-refractivity contribution in [2.45, 2.75) is 77.4 Å². The maximum Gasteiger partial charge on any atom is 0.347 e. The summed E-state index contributed by atoms with van der Waals surface area (Å²) >= 11 is 6.30. The van der Waals surface area contributed by atoms with Crippen LogP contribution >= 0.6 is 11.6 Å². The minimum Gasteiger partial charge on any atom is -0.495 e. The molecule has 2 aromatic carbocycles. The second-order valence-corrected chi connectivity index (χ2v) is 12.7. The van der Waals surface area contributed by atoms with E-state index < -0.39 is 47.9 Å². The first-order chi connectivity index (χ1) is 22.0. The third-order valence-corrected chi connectivity index (χ3v) is 8.44. The molecule has 0 radical (unpaired) electrons. The summed E-state index contributed by atoms with van der Waals surface area (Å²) in [6.45, 7) is 7.31. The molecule has 0 aromatic heterocycles. The monoisotopic (exact) mass is 654 g/mol. The van der Waals surface area contributed by atoms with Crippen molar-refractivity contribution in [2.24, 2.45) is 17.8 Å². The molecule has 2 aliphatic rings. The van der Waals surface area contributed by atoms with Gasteiger partial charge in [0.1, 0.15) is 24.0 Å². The standard InChI is InChI=1S/C35H43ClN2O8/c1-20(2)16-29-35(42)44-27(22(4)31-32(46-31)24-10-7-6-8-11-24)12-9-13-30(39)38-26(33(40)37-19-21(3)34(41)45-29)18-23-14-15-28(43-5)25(36)17-23/h6-11,13-15,17,20-22,26-27,29,31-32H,12,16,18-19H2,1-5H3,(H,37,40)(H,38,39)/b13-9+/t21-,22+,26-,27?,29+,31?,32?/m1/s1. The summed E-state index contributed by atoms with van der Waals surface area (Å²) < 4.78 is 22.9. The molecule has 1 fully saturated rings. The number of nitrogens with one attached hydrogen (secondary N) is 2. The molecular weight excluding hydrogens is 612 g/mol. The van der Waals surface area contributed by atoms with Crippen molar-refractivity contribution >= 4 is 35.4 Å². The van der Waals surface area contributed by atoms with Gasteiger partial charge in [-0.05, 0) is 41.7 Å². The zero-order valence-electron chi connectivity index (χ0n) is 26.9. The fourth-order valence-corrected chi connectivity index (χ4v) is 5.67. The maximum atomic E-state index is 13.5. The van der Waals surface area contributed by atoms with E-state index in [-0.39, 0.29) is 49.9 Å². The van der Waals surface area contributed by atoms with Crippen LogP contribution in [0.5, 0.6) is 5.75 Å². The topological polar surface area (TPSA) is 133 Å². The molecule has 7 atom stereocenters. The highest BCUT2D eigenvalue weighted by Gasteiger charge is 2.47. The van der Waals surface area contributed by atoms with Gasteiger partial charge in [-0.15, -0.1) is 0 Å². The molecule has 46 heavy (non-hydrogen) atoms. The minimum absolute atomic E-state index is 0.0341. The maximum absolute atomic E-state index is 13.5. The van der Waals surface area contributed by atoms with Crippen LogP contribution in [0.2, 0.25) is 5.02 Å². The summed E-state index contributed by atoms with van der Waals surface area (Å²) in [7, 11) is 1.51. The van der Waals surface area contributed by atoms with Crippen molar-refractivity contribution in [2.75, 3.05) is 13.7 Å². The third kappa shape index (κ3) is 9.56. The molecule has 0 aliphatic carbocycles. The van der Waals surface area contributed by atoms with Crippen molar-refractivity contribution in [3.63, 3.8) is 0 Å². The number of carbonyl (C=O) groups is 4. The Labute approximate surface area is 275 Å². The largest absolute Gasteiger partial charge is 0.495 e. The van der Waals surface area contributed by atoms with Crippen LogP contribution in [-0.2, 0) is 39.8 Å². The first-order valence-electron chi connectivity index (χ1n) is 15.6. The molecule has 0 spiro atoms. The van der Waals surface area contributed by atoms with Gasteiger partial charge < -0.3 is 29.6 Å². The normalized spacial score (nSPS) is 27.5. The molecule has 4 rings (SSSR count). The lowest BCUT2D eigenvalue weighted by Crippen LogP contribution is -2.49. The lowest BCUT2D eigenvalue weighted by Gasteiger charge is -2.27. The number of benzene rings is 2. The van der Waals surface area contributed by atoms with Crippen LogP contribution in [0.1, 0.15) is 57.8 Å². The van der Waals surface area contributed by atoms with Crippen LogP contribution < -0.4 is 15.4 Å². The van der Waals surface area contributed by atoms with Gasteiger partial charge in [0.25, 0.3) is 0 Å². The van der Waals surface area contributed by atoms with E-state index in [0.29, 0.717) is 16.3 Å². The van der Waals surface area contributed by atoms with Crippen LogP contribution in [0, 0.1) is 17.8 Å². The Balaban J connectivity index is 1.58. The first-order valence-corrected chi connectivity index (χ1v) is 16.0. The van der Waals surface area contributed by atoms with E-state index in [0.717, 1.165) is 5.56 Å². The average molecular weight is 655 g/mol. The van der Waals surface area contributed by atoms with Gasteiger partial charge in [0.2, 0.25) is 11.8 Å². The number of carbonyl (C=O) groups excluding carboxylic acids is 4. The zero-order valence-corrected chi connectivity index (χ0v) is 27.6. The van der Waals surface area contributed by atoms with Gasteiger partial charge in [-0.25, -0.2) is 4.79 Å². The number of esters is 2. The SMILES string of the molecule is COc1ccc(C[C@H]2NC(=O)/C=C/CC([C@H](C)C3OC3c3ccccc3)OC(=O)[C@H](CC(C)C)OC(=O)[C@H](C)CNC2=O)cc1Cl. The fraction of sp³-hybridized carbons (Fsp3) is 0.486. The van der Waals surface area contributed by atoms with Crippen LogP contribution in [0.15, 0.2) is 60.7 Å². The Morgan fingerprint density at radius 2 is 1.74 bits per heavy atom. The number of hydrogen-bond donors (Lipinski definition) is 2. The number of epoxide rings is 1. The summed E-state index contributed by atoms with van der Waals surface area (Å²) in [6, 6.07) is 13.9. The molecular formula is C35H43ClN2O8.